The highest BCUT2D eigenvalue weighted by molar-refractivity contribution is 6.31. The second-order valence-corrected chi connectivity index (χ2v) is 5.43. The van der Waals surface area contributed by atoms with E-state index < -0.39 is 0 Å². The predicted octanol–water partition coefficient (Wildman–Crippen LogP) is 2.49. The molecular weight excluding hydrogens is 262 g/mol. The van der Waals surface area contributed by atoms with E-state index in [2.05, 4.69) is 14.9 Å². The lowest BCUT2D eigenvalue weighted by molar-refractivity contribution is 0.208. The monoisotopic (exact) mass is 277 g/mol. The number of aliphatic hydroxyl groups is 1. The van der Waals surface area contributed by atoms with E-state index in [1.807, 2.05) is 18.2 Å². The van der Waals surface area contributed by atoms with Crippen LogP contribution in [0.4, 0.5) is 5.82 Å². The number of rotatable bonds is 2. The summed E-state index contributed by atoms with van der Waals surface area (Å²) in [7, 11) is 0. The van der Waals surface area contributed by atoms with E-state index in [0.29, 0.717) is 10.9 Å². The molecule has 0 aliphatic carbocycles. The number of aliphatic hydroxyl groups excluding tert-OH is 1. The van der Waals surface area contributed by atoms with E-state index >= 15 is 0 Å². The van der Waals surface area contributed by atoms with Gasteiger partial charge in [-0.3, -0.25) is 4.98 Å². The Labute approximate surface area is 117 Å². The van der Waals surface area contributed by atoms with Crippen LogP contribution in [0.25, 0.3) is 11.0 Å². The van der Waals surface area contributed by atoms with Gasteiger partial charge in [0.05, 0.1) is 17.2 Å². The van der Waals surface area contributed by atoms with Crippen molar-refractivity contribution in [3.05, 3.63) is 29.4 Å². The molecule has 100 valence electrons. The molecular formula is C14H16ClN3O. The van der Waals surface area contributed by atoms with Crippen LogP contribution in [-0.4, -0.2) is 34.8 Å². The van der Waals surface area contributed by atoms with Gasteiger partial charge in [0.25, 0.3) is 0 Å². The number of aromatic nitrogens is 2. The molecule has 1 aliphatic rings. The minimum atomic E-state index is 0.243. The quantitative estimate of drug-likeness (QED) is 0.916. The highest BCUT2D eigenvalue weighted by Crippen LogP contribution is 2.23. The first-order valence-electron chi connectivity index (χ1n) is 6.54. The van der Waals surface area contributed by atoms with Gasteiger partial charge >= 0.3 is 0 Å². The maximum atomic E-state index is 9.28. The lowest BCUT2D eigenvalue weighted by Crippen LogP contribution is -2.37. The fraction of sp³-hybridized carbons (Fsp3) is 0.429. The minimum absolute atomic E-state index is 0.243. The van der Waals surface area contributed by atoms with Crippen molar-refractivity contribution in [1.82, 2.24) is 9.97 Å². The number of fused-ring (bicyclic) bond motifs is 1. The Morgan fingerprint density at radius 3 is 3.11 bits per heavy atom. The Kier molecular flexibility index (Phi) is 3.53. The highest BCUT2D eigenvalue weighted by Gasteiger charge is 2.20. The fourth-order valence-corrected chi connectivity index (χ4v) is 2.71. The summed E-state index contributed by atoms with van der Waals surface area (Å²) in [6.07, 6.45) is 3.97. The third kappa shape index (κ3) is 2.65. The van der Waals surface area contributed by atoms with Gasteiger partial charge in [-0.25, -0.2) is 4.98 Å². The molecule has 0 amide bonds. The first kappa shape index (κ1) is 12.6. The van der Waals surface area contributed by atoms with Gasteiger partial charge in [-0.1, -0.05) is 11.6 Å². The number of piperidine rings is 1. The standard InChI is InChI=1S/C14H16ClN3O/c15-11-3-4-12-13(6-11)16-7-14(17-12)18-5-1-2-10(8-18)9-19/h3-4,6-7,10,19H,1-2,5,8-9H2. The van der Waals surface area contributed by atoms with Crippen LogP contribution >= 0.6 is 11.6 Å². The maximum Gasteiger partial charge on any atom is 0.147 e. The Morgan fingerprint density at radius 2 is 2.26 bits per heavy atom. The van der Waals surface area contributed by atoms with Gasteiger partial charge in [0.1, 0.15) is 5.82 Å². The van der Waals surface area contributed by atoms with Gasteiger partial charge in [0, 0.05) is 24.7 Å². The van der Waals surface area contributed by atoms with E-state index in [-0.39, 0.29) is 6.61 Å². The van der Waals surface area contributed by atoms with Crippen LogP contribution in [0.3, 0.4) is 0 Å². The molecule has 1 aromatic heterocycles. The lowest BCUT2D eigenvalue weighted by Gasteiger charge is -2.32. The van der Waals surface area contributed by atoms with Gasteiger partial charge in [0.15, 0.2) is 0 Å². The zero-order valence-electron chi connectivity index (χ0n) is 10.6. The first-order chi connectivity index (χ1) is 9.26. The second kappa shape index (κ2) is 5.31. The van der Waals surface area contributed by atoms with E-state index in [9.17, 15) is 5.11 Å². The summed E-state index contributed by atoms with van der Waals surface area (Å²) in [5, 5.41) is 9.95. The third-order valence-electron chi connectivity index (χ3n) is 3.59. The molecule has 1 aliphatic heterocycles. The molecule has 1 N–H and O–H groups in total. The molecule has 0 saturated carbocycles. The molecule has 2 aromatic rings. The Hall–Kier alpha value is -1.39. The highest BCUT2D eigenvalue weighted by atomic mass is 35.5. The average molecular weight is 278 g/mol. The van der Waals surface area contributed by atoms with Crippen LogP contribution in [0.2, 0.25) is 5.02 Å². The molecule has 1 aromatic carbocycles. The second-order valence-electron chi connectivity index (χ2n) is 5.00. The van der Waals surface area contributed by atoms with Crippen LogP contribution in [0.5, 0.6) is 0 Å². The molecule has 0 radical (unpaired) electrons. The Balaban J connectivity index is 1.90. The fourth-order valence-electron chi connectivity index (χ4n) is 2.55. The van der Waals surface area contributed by atoms with Crippen LogP contribution in [0.15, 0.2) is 24.4 Å². The van der Waals surface area contributed by atoms with E-state index in [0.717, 1.165) is 42.8 Å². The molecule has 19 heavy (non-hydrogen) atoms. The van der Waals surface area contributed by atoms with Crippen LogP contribution in [-0.2, 0) is 0 Å². The number of hydrogen-bond acceptors (Lipinski definition) is 4. The molecule has 5 heteroatoms. The van der Waals surface area contributed by atoms with Crippen LogP contribution in [0.1, 0.15) is 12.8 Å². The van der Waals surface area contributed by atoms with Crippen molar-refractivity contribution in [1.29, 1.82) is 0 Å². The summed E-state index contributed by atoms with van der Waals surface area (Å²) in [6, 6.07) is 5.54. The van der Waals surface area contributed by atoms with Gasteiger partial charge in [-0.05, 0) is 37.0 Å². The number of benzene rings is 1. The van der Waals surface area contributed by atoms with Crippen molar-refractivity contribution in [3.8, 4) is 0 Å². The molecule has 3 rings (SSSR count). The SMILES string of the molecule is OCC1CCCN(c2cnc3cc(Cl)ccc3n2)C1. The smallest absolute Gasteiger partial charge is 0.147 e. The van der Waals surface area contributed by atoms with Crippen molar-refractivity contribution in [2.75, 3.05) is 24.6 Å². The maximum absolute atomic E-state index is 9.28. The molecule has 4 nitrogen and oxygen atoms in total. The molecule has 1 saturated heterocycles. The molecule has 0 bridgehead atoms. The lowest BCUT2D eigenvalue weighted by atomic mass is 9.99. The third-order valence-corrected chi connectivity index (χ3v) is 3.83. The largest absolute Gasteiger partial charge is 0.396 e. The van der Waals surface area contributed by atoms with Crippen molar-refractivity contribution in [2.24, 2.45) is 5.92 Å². The summed E-state index contributed by atoms with van der Waals surface area (Å²) in [5.41, 5.74) is 1.67. The summed E-state index contributed by atoms with van der Waals surface area (Å²) >= 11 is 5.94. The van der Waals surface area contributed by atoms with Gasteiger partial charge < -0.3 is 10.0 Å². The average Bonchev–Trinajstić information content (AvgIpc) is 2.46. The Bertz CT molecular complexity index is 590. The van der Waals surface area contributed by atoms with Crippen molar-refractivity contribution in [3.63, 3.8) is 0 Å². The number of anilines is 1. The minimum Gasteiger partial charge on any atom is -0.396 e. The summed E-state index contributed by atoms with van der Waals surface area (Å²) in [4.78, 5) is 11.2. The molecule has 0 spiro atoms. The van der Waals surface area contributed by atoms with Crippen molar-refractivity contribution < 1.29 is 5.11 Å². The summed E-state index contributed by atoms with van der Waals surface area (Å²) in [5.74, 6) is 1.23. The van der Waals surface area contributed by atoms with Gasteiger partial charge in [-0.2, -0.15) is 0 Å². The Morgan fingerprint density at radius 1 is 1.37 bits per heavy atom. The van der Waals surface area contributed by atoms with Crippen LogP contribution in [0, 0.1) is 5.92 Å². The zero-order valence-corrected chi connectivity index (χ0v) is 11.3. The van der Waals surface area contributed by atoms with E-state index in [4.69, 9.17) is 11.6 Å². The molecule has 1 unspecified atom stereocenters. The summed E-state index contributed by atoms with van der Waals surface area (Å²) in [6.45, 7) is 2.07. The normalized spacial score (nSPS) is 19.9. The predicted molar refractivity (Wildman–Crippen MR) is 76.6 cm³/mol. The molecule has 2 heterocycles. The van der Waals surface area contributed by atoms with E-state index in [1.165, 1.54) is 0 Å². The van der Waals surface area contributed by atoms with Crippen molar-refractivity contribution in [2.45, 2.75) is 12.8 Å². The molecule has 1 atom stereocenters. The van der Waals surface area contributed by atoms with Gasteiger partial charge in [0.2, 0.25) is 0 Å². The van der Waals surface area contributed by atoms with Crippen molar-refractivity contribution >= 4 is 28.5 Å². The number of nitrogens with zero attached hydrogens (tertiary/aromatic N) is 3. The first-order valence-corrected chi connectivity index (χ1v) is 6.92. The van der Waals surface area contributed by atoms with E-state index in [1.54, 1.807) is 6.20 Å². The molecule has 1 fully saturated rings. The van der Waals surface area contributed by atoms with Crippen LogP contribution < -0.4 is 4.90 Å². The topological polar surface area (TPSA) is 49.2 Å². The van der Waals surface area contributed by atoms with Gasteiger partial charge in [-0.15, -0.1) is 0 Å². The summed E-state index contributed by atoms with van der Waals surface area (Å²) < 4.78 is 0. The zero-order chi connectivity index (χ0) is 13.2. The number of halogens is 1. The number of hydrogen-bond donors (Lipinski definition) is 1.